The molecule has 4 rings (SSSR count). The van der Waals surface area contributed by atoms with Crippen molar-refractivity contribution in [3.8, 4) is 28.0 Å². The van der Waals surface area contributed by atoms with Crippen molar-refractivity contribution in [3.63, 3.8) is 0 Å². The summed E-state index contributed by atoms with van der Waals surface area (Å²) in [6.07, 6.45) is 9.45. The van der Waals surface area contributed by atoms with Crippen molar-refractivity contribution in [3.05, 3.63) is 77.4 Å². The highest BCUT2D eigenvalue weighted by Gasteiger charge is 2.39. The van der Waals surface area contributed by atoms with Crippen molar-refractivity contribution in [1.29, 1.82) is 0 Å². The van der Waals surface area contributed by atoms with Crippen LogP contribution in [0.25, 0.3) is 22.3 Å². The molecule has 0 spiro atoms. The molecule has 0 N–H and O–H groups in total. The molecule has 3 aromatic rings. The number of unbranched alkanes of at least 4 members (excludes halogenated alkanes) is 5. The fourth-order valence-corrected chi connectivity index (χ4v) is 5.44. The van der Waals surface area contributed by atoms with Gasteiger partial charge in [0.15, 0.2) is 0 Å². The van der Waals surface area contributed by atoms with Crippen LogP contribution in [0.3, 0.4) is 0 Å². The minimum Gasteiger partial charge on any atom is -0.491 e. The van der Waals surface area contributed by atoms with E-state index in [4.69, 9.17) is 4.74 Å². The zero-order valence-electron chi connectivity index (χ0n) is 21.2. The summed E-state index contributed by atoms with van der Waals surface area (Å²) in [5.41, 5.74) is 9.85. The summed E-state index contributed by atoms with van der Waals surface area (Å²) >= 11 is 0. The number of hydrogen-bond donors (Lipinski definition) is 0. The van der Waals surface area contributed by atoms with Gasteiger partial charge in [0.05, 0.1) is 6.10 Å². The van der Waals surface area contributed by atoms with Gasteiger partial charge in [-0.05, 0) is 78.8 Å². The van der Waals surface area contributed by atoms with Crippen LogP contribution in [-0.2, 0) is 5.41 Å². The minimum atomic E-state index is 0.0815. The summed E-state index contributed by atoms with van der Waals surface area (Å²) in [5.74, 6) is 0.936. The van der Waals surface area contributed by atoms with E-state index < -0.39 is 0 Å². The Labute approximate surface area is 201 Å². The van der Waals surface area contributed by atoms with E-state index in [2.05, 4.69) is 95.3 Å². The lowest BCUT2D eigenvalue weighted by Crippen LogP contribution is -2.21. The van der Waals surface area contributed by atoms with E-state index in [9.17, 15) is 0 Å². The molecule has 3 aromatic carbocycles. The molecule has 33 heavy (non-hydrogen) atoms. The number of hydrogen-bond acceptors (Lipinski definition) is 1. The summed E-state index contributed by atoms with van der Waals surface area (Å²) in [6, 6.07) is 22.7. The normalized spacial score (nSPS) is 16.7. The Hall–Kier alpha value is -2.54. The quantitative estimate of drug-likeness (QED) is 0.285. The van der Waals surface area contributed by atoms with Crippen LogP contribution in [0.4, 0.5) is 0 Å². The molecule has 1 aliphatic rings. The molecule has 0 bridgehead atoms. The Morgan fingerprint density at radius 3 is 2.03 bits per heavy atom. The fourth-order valence-electron chi connectivity index (χ4n) is 5.44. The van der Waals surface area contributed by atoms with E-state index in [-0.39, 0.29) is 11.5 Å². The van der Waals surface area contributed by atoms with E-state index in [1.807, 2.05) is 0 Å². The molecule has 0 fully saturated rings. The molecule has 1 atom stereocenters. The van der Waals surface area contributed by atoms with Gasteiger partial charge in [0.25, 0.3) is 0 Å². The summed E-state index contributed by atoms with van der Waals surface area (Å²) in [6.45, 7) is 11.1. The van der Waals surface area contributed by atoms with Crippen LogP contribution in [-0.4, -0.2) is 6.10 Å². The standard InChI is InChI=1S/C32H40O/c1-6-7-8-9-10-11-20-32(5)30-21-24(4)12-18-28(30)29-19-15-26(22-31(29)32)25-13-16-27(17-14-25)33-23(2)3/h12-19,21-23H,6-11,20H2,1-5H3. The van der Waals surface area contributed by atoms with Crippen molar-refractivity contribution >= 4 is 0 Å². The second-order valence-corrected chi connectivity index (χ2v) is 10.4. The zero-order valence-corrected chi connectivity index (χ0v) is 21.2. The molecule has 1 heteroatoms. The Balaban J connectivity index is 1.64. The Morgan fingerprint density at radius 1 is 0.727 bits per heavy atom. The number of ether oxygens (including phenoxy) is 1. The van der Waals surface area contributed by atoms with Crippen LogP contribution in [0.5, 0.6) is 5.75 Å². The molecule has 0 aromatic heterocycles. The average molecular weight is 441 g/mol. The summed E-state index contributed by atoms with van der Waals surface area (Å²) in [4.78, 5) is 0. The second kappa shape index (κ2) is 10.2. The molecule has 1 unspecified atom stereocenters. The summed E-state index contributed by atoms with van der Waals surface area (Å²) < 4.78 is 5.84. The maximum atomic E-state index is 5.84. The van der Waals surface area contributed by atoms with Gasteiger partial charge >= 0.3 is 0 Å². The first-order valence-corrected chi connectivity index (χ1v) is 13.0. The smallest absolute Gasteiger partial charge is 0.119 e. The predicted molar refractivity (Wildman–Crippen MR) is 142 cm³/mol. The molecule has 0 aliphatic heterocycles. The van der Waals surface area contributed by atoms with E-state index in [1.54, 1.807) is 0 Å². The third-order valence-electron chi connectivity index (χ3n) is 7.26. The van der Waals surface area contributed by atoms with Crippen molar-refractivity contribution < 1.29 is 4.74 Å². The third kappa shape index (κ3) is 5.03. The Kier molecular flexibility index (Phi) is 7.27. The van der Waals surface area contributed by atoms with Gasteiger partial charge in [-0.15, -0.1) is 0 Å². The molecule has 0 radical (unpaired) electrons. The van der Waals surface area contributed by atoms with Crippen molar-refractivity contribution in [2.24, 2.45) is 0 Å². The van der Waals surface area contributed by atoms with Gasteiger partial charge in [-0.1, -0.05) is 100 Å². The van der Waals surface area contributed by atoms with Gasteiger partial charge in [0.2, 0.25) is 0 Å². The van der Waals surface area contributed by atoms with Gasteiger partial charge in [-0.3, -0.25) is 0 Å². The van der Waals surface area contributed by atoms with Crippen LogP contribution in [0.1, 0.15) is 89.3 Å². The third-order valence-corrected chi connectivity index (χ3v) is 7.26. The van der Waals surface area contributed by atoms with Crippen molar-refractivity contribution in [1.82, 2.24) is 0 Å². The molecular formula is C32H40O. The van der Waals surface area contributed by atoms with Crippen molar-refractivity contribution in [2.75, 3.05) is 0 Å². The first-order chi connectivity index (χ1) is 15.9. The van der Waals surface area contributed by atoms with E-state index in [0.717, 1.165) is 5.75 Å². The van der Waals surface area contributed by atoms with Gasteiger partial charge < -0.3 is 4.74 Å². The van der Waals surface area contributed by atoms with E-state index >= 15 is 0 Å². The van der Waals surface area contributed by atoms with Crippen LogP contribution >= 0.6 is 0 Å². The monoisotopic (exact) mass is 440 g/mol. The van der Waals surface area contributed by atoms with Gasteiger partial charge in [-0.25, -0.2) is 0 Å². The van der Waals surface area contributed by atoms with Gasteiger partial charge in [0, 0.05) is 5.41 Å². The largest absolute Gasteiger partial charge is 0.491 e. The second-order valence-electron chi connectivity index (χ2n) is 10.4. The number of benzene rings is 3. The Bertz CT molecular complexity index is 1080. The topological polar surface area (TPSA) is 9.23 Å². The maximum absolute atomic E-state index is 5.84. The lowest BCUT2D eigenvalue weighted by Gasteiger charge is -2.28. The van der Waals surface area contributed by atoms with Crippen molar-refractivity contribution in [2.45, 2.75) is 91.1 Å². The zero-order chi connectivity index (χ0) is 23.4. The molecular weight excluding hydrogens is 400 g/mol. The molecule has 1 aliphatic carbocycles. The molecule has 174 valence electrons. The molecule has 0 saturated heterocycles. The average Bonchev–Trinajstić information content (AvgIpc) is 3.04. The van der Waals surface area contributed by atoms with Gasteiger partial charge in [-0.2, -0.15) is 0 Å². The minimum absolute atomic E-state index is 0.0815. The fraction of sp³-hybridized carbons (Fsp3) is 0.438. The van der Waals surface area contributed by atoms with Crippen LogP contribution < -0.4 is 4.74 Å². The van der Waals surface area contributed by atoms with Crippen LogP contribution in [0.15, 0.2) is 60.7 Å². The summed E-state index contributed by atoms with van der Waals surface area (Å²) in [7, 11) is 0. The SMILES string of the molecule is CCCCCCCCC1(C)c2cc(C)ccc2-c2ccc(-c3ccc(OC(C)C)cc3)cc21. The molecule has 1 nitrogen and oxygen atoms in total. The van der Waals surface area contributed by atoms with Crippen LogP contribution in [0.2, 0.25) is 0 Å². The highest BCUT2D eigenvalue weighted by molar-refractivity contribution is 5.84. The lowest BCUT2D eigenvalue weighted by molar-refractivity contribution is 0.242. The molecule has 0 amide bonds. The lowest BCUT2D eigenvalue weighted by atomic mass is 9.75. The molecule has 0 saturated carbocycles. The Morgan fingerprint density at radius 2 is 1.33 bits per heavy atom. The highest BCUT2D eigenvalue weighted by Crippen LogP contribution is 2.52. The van der Waals surface area contributed by atoms with Crippen LogP contribution in [0, 0.1) is 6.92 Å². The van der Waals surface area contributed by atoms with Gasteiger partial charge in [0.1, 0.15) is 5.75 Å². The summed E-state index contributed by atoms with van der Waals surface area (Å²) in [5, 5.41) is 0. The number of rotatable bonds is 10. The first kappa shape index (κ1) is 23.6. The number of fused-ring (bicyclic) bond motifs is 3. The maximum Gasteiger partial charge on any atom is 0.119 e. The predicted octanol–water partition coefficient (Wildman–Crippen LogP) is 9.49. The first-order valence-electron chi connectivity index (χ1n) is 13.0. The number of aryl methyl sites for hydroxylation is 1. The molecule has 0 heterocycles. The highest BCUT2D eigenvalue weighted by atomic mass is 16.5. The van der Waals surface area contributed by atoms with E-state index in [1.165, 1.54) is 83.9 Å². The van der Waals surface area contributed by atoms with E-state index in [0.29, 0.717) is 0 Å².